The maximum absolute atomic E-state index is 12.5. The van der Waals surface area contributed by atoms with Gasteiger partial charge in [-0.15, -0.1) is 0 Å². The van der Waals surface area contributed by atoms with E-state index in [9.17, 15) is 19.8 Å². The lowest BCUT2D eigenvalue weighted by Gasteiger charge is -2.61. The lowest BCUT2D eigenvalue weighted by atomic mass is 9.44. The summed E-state index contributed by atoms with van der Waals surface area (Å²) < 4.78 is 4.98. The van der Waals surface area contributed by atoms with E-state index in [4.69, 9.17) is 16.3 Å². The second-order valence-electron chi connectivity index (χ2n) is 9.57. The second-order valence-corrected chi connectivity index (χ2v) is 9.79. The van der Waals surface area contributed by atoms with E-state index in [0.29, 0.717) is 19.3 Å². The molecule has 0 aromatic rings. The van der Waals surface area contributed by atoms with Crippen molar-refractivity contribution in [2.24, 2.45) is 34.5 Å². The molecule has 0 aliphatic heterocycles. The summed E-state index contributed by atoms with van der Waals surface area (Å²) in [5, 5.41) is 22.5. The van der Waals surface area contributed by atoms with E-state index in [1.807, 2.05) is 13.0 Å². The average molecular weight is 397 g/mol. The van der Waals surface area contributed by atoms with Gasteiger partial charge in [0.15, 0.2) is 17.5 Å². The first-order valence-electron chi connectivity index (χ1n) is 10.0. The maximum Gasteiger partial charge on any atom is 0.339 e. The van der Waals surface area contributed by atoms with Gasteiger partial charge in [-0.1, -0.05) is 31.5 Å². The summed E-state index contributed by atoms with van der Waals surface area (Å²) in [6, 6.07) is -0.283. The Kier molecular flexibility index (Phi) is 4.53. The van der Waals surface area contributed by atoms with Crippen molar-refractivity contribution in [3.05, 3.63) is 12.2 Å². The molecule has 8 atom stereocenters. The summed E-state index contributed by atoms with van der Waals surface area (Å²) in [6.45, 7) is 4.10. The van der Waals surface area contributed by atoms with Crippen LogP contribution in [0, 0.1) is 34.5 Å². The Morgan fingerprint density at radius 2 is 2.07 bits per heavy atom. The number of alkyl halides is 1. The van der Waals surface area contributed by atoms with Gasteiger partial charge in [-0.05, 0) is 67.3 Å². The summed E-state index contributed by atoms with van der Waals surface area (Å²) in [6.07, 6.45) is 6.93. The third-order valence-corrected chi connectivity index (χ3v) is 8.76. The average Bonchev–Trinajstić information content (AvgIpc) is 2.87. The van der Waals surface area contributed by atoms with Crippen molar-refractivity contribution in [3.8, 4) is 0 Å². The third kappa shape index (κ3) is 2.50. The largest absolute Gasteiger partial charge is 0.447 e. The van der Waals surface area contributed by atoms with E-state index in [-0.39, 0.29) is 40.9 Å². The SMILES string of the molecule is CC12C=CC(=O)CC1CCC1C2[C@@H](O)CC2(C)C1CC[C@]2(O)C(=O)OCCl. The number of ketones is 1. The number of carbonyl (C=O) groups is 2. The zero-order chi connectivity index (χ0) is 19.6. The van der Waals surface area contributed by atoms with Crippen molar-refractivity contribution in [2.75, 3.05) is 6.07 Å². The van der Waals surface area contributed by atoms with Gasteiger partial charge in [0, 0.05) is 11.8 Å². The number of esters is 1. The highest BCUT2D eigenvalue weighted by Crippen LogP contribution is 2.67. The molecule has 0 radical (unpaired) electrons. The van der Waals surface area contributed by atoms with Crippen molar-refractivity contribution in [3.63, 3.8) is 0 Å². The lowest BCUT2D eigenvalue weighted by Crippen LogP contribution is -2.62. The number of ether oxygens (including phenoxy) is 1. The molecule has 0 amide bonds. The highest BCUT2D eigenvalue weighted by atomic mass is 35.5. The van der Waals surface area contributed by atoms with E-state index >= 15 is 0 Å². The van der Waals surface area contributed by atoms with Crippen LogP contribution in [0.5, 0.6) is 0 Å². The molecule has 4 aliphatic carbocycles. The molecule has 0 bridgehead atoms. The Morgan fingerprint density at radius 3 is 2.78 bits per heavy atom. The van der Waals surface area contributed by atoms with E-state index < -0.39 is 23.1 Å². The molecule has 0 heterocycles. The third-order valence-electron chi connectivity index (χ3n) is 8.65. The molecule has 2 N–H and O–H groups in total. The molecule has 0 aromatic heterocycles. The van der Waals surface area contributed by atoms with Gasteiger partial charge in [0.05, 0.1) is 6.10 Å². The number of halogens is 1. The van der Waals surface area contributed by atoms with Crippen LogP contribution in [0.2, 0.25) is 0 Å². The zero-order valence-electron chi connectivity index (χ0n) is 16.0. The normalized spacial score (nSPS) is 51.3. The Labute approximate surface area is 165 Å². The fourth-order valence-corrected chi connectivity index (χ4v) is 7.37. The molecule has 0 saturated heterocycles. The van der Waals surface area contributed by atoms with Crippen LogP contribution in [0.3, 0.4) is 0 Å². The van der Waals surface area contributed by atoms with E-state index in [0.717, 1.165) is 19.3 Å². The summed E-state index contributed by atoms with van der Waals surface area (Å²) in [7, 11) is 0. The first kappa shape index (κ1) is 19.4. The molecule has 3 fully saturated rings. The molecule has 6 heteroatoms. The van der Waals surface area contributed by atoms with Gasteiger partial charge in [0.1, 0.15) is 0 Å². The summed E-state index contributed by atoms with van der Waals surface area (Å²) in [5.41, 5.74) is -2.54. The zero-order valence-corrected chi connectivity index (χ0v) is 16.7. The van der Waals surface area contributed by atoms with Crippen LogP contribution in [0.15, 0.2) is 12.2 Å². The number of hydrogen-bond acceptors (Lipinski definition) is 5. The van der Waals surface area contributed by atoms with E-state index in [1.165, 1.54) is 0 Å². The van der Waals surface area contributed by atoms with Crippen LogP contribution < -0.4 is 0 Å². The Balaban J connectivity index is 1.70. The molecular weight excluding hydrogens is 368 g/mol. The Morgan fingerprint density at radius 1 is 1.33 bits per heavy atom. The van der Waals surface area contributed by atoms with E-state index in [1.54, 1.807) is 6.08 Å². The van der Waals surface area contributed by atoms with Gasteiger partial charge in [-0.25, -0.2) is 4.79 Å². The number of aliphatic hydroxyl groups is 2. The first-order valence-corrected chi connectivity index (χ1v) is 10.6. The summed E-state index contributed by atoms with van der Waals surface area (Å²) in [4.78, 5) is 24.4. The predicted octanol–water partition coefficient (Wildman–Crippen LogP) is 2.82. The van der Waals surface area contributed by atoms with Crippen LogP contribution in [-0.4, -0.2) is 39.7 Å². The number of hydrogen-bond donors (Lipinski definition) is 2. The standard InChI is InChI=1S/C21H29ClO5/c1-19-7-5-13(23)9-12(19)3-4-14-15-6-8-21(26,18(25)27-11-22)20(15,2)10-16(24)17(14)19/h5,7,12,14-17,24,26H,3-4,6,8-11H2,1-2H3/t12?,14?,15?,16-,17?,19?,20?,21-/m0/s1. The predicted molar refractivity (Wildman–Crippen MR) is 99.8 cm³/mol. The molecule has 150 valence electrons. The topological polar surface area (TPSA) is 83.8 Å². The van der Waals surface area contributed by atoms with Crippen molar-refractivity contribution in [1.29, 1.82) is 0 Å². The fourth-order valence-electron chi connectivity index (χ4n) is 7.27. The van der Waals surface area contributed by atoms with Gasteiger partial charge in [-0.3, -0.25) is 4.79 Å². The summed E-state index contributed by atoms with van der Waals surface area (Å²) in [5.74, 6) is 0.168. The van der Waals surface area contributed by atoms with Crippen molar-refractivity contribution in [1.82, 2.24) is 0 Å². The smallest absolute Gasteiger partial charge is 0.339 e. The van der Waals surface area contributed by atoms with Gasteiger partial charge < -0.3 is 14.9 Å². The molecule has 4 aliphatic rings. The summed E-state index contributed by atoms with van der Waals surface area (Å²) >= 11 is 5.56. The maximum atomic E-state index is 12.5. The fraction of sp³-hybridized carbons (Fsp3) is 0.810. The molecule has 27 heavy (non-hydrogen) atoms. The molecular formula is C21H29ClO5. The minimum atomic E-state index is -1.60. The monoisotopic (exact) mass is 396 g/mol. The van der Waals surface area contributed by atoms with Gasteiger partial charge >= 0.3 is 5.97 Å². The van der Waals surface area contributed by atoms with Crippen LogP contribution in [0.4, 0.5) is 0 Å². The van der Waals surface area contributed by atoms with Crippen molar-refractivity contribution in [2.45, 2.75) is 64.1 Å². The minimum absolute atomic E-state index is 0.0464. The van der Waals surface area contributed by atoms with E-state index in [2.05, 4.69) is 6.92 Å². The van der Waals surface area contributed by atoms with Crippen molar-refractivity contribution >= 4 is 23.4 Å². The second kappa shape index (κ2) is 6.30. The van der Waals surface area contributed by atoms with Gasteiger partial charge in [0.25, 0.3) is 0 Å². The number of allylic oxidation sites excluding steroid dienone is 2. The first-order chi connectivity index (χ1) is 12.7. The molecule has 5 nitrogen and oxygen atoms in total. The number of carbonyl (C=O) groups excluding carboxylic acids is 2. The molecule has 0 spiro atoms. The van der Waals surface area contributed by atoms with Crippen LogP contribution in [0.25, 0.3) is 0 Å². The van der Waals surface area contributed by atoms with Crippen LogP contribution in [0.1, 0.15) is 52.4 Å². The number of fused-ring (bicyclic) bond motifs is 5. The lowest BCUT2D eigenvalue weighted by molar-refractivity contribution is -0.202. The Hall–Kier alpha value is -0.910. The highest BCUT2D eigenvalue weighted by Gasteiger charge is 2.69. The Bertz CT molecular complexity index is 692. The molecule has 4 rings (SSSR count). The quantitative estimate of drug-likeness (QED) is 0.554. The van der Waals surface area contributed by atoms with Crippen LogP contribution >= 0.6 is 11.6 Å². The van der Waals surface area contributed by atoms with Gasteiger partial charge in [0.2, 0.25) is 0 Å². The number of rotatable bonds is 2. The highest BCUT2D eigenvalue weighted by molar-refractivity contribution is 6.17. The minimum Gasteiger partial charge on any atom is -0.447 e. The van der Waals surface area contributed by atoms with Gasteiger partial charge in [-0.2, -0.15) is 0 Å². The number of aliphatic hydroxyl groups excluding tert-OH is 1. The van der Waals surface area contributed by atoms with Crippen LogP contribution in [-0.2, 0) is 14.3 Å². The molecule has 6 unspecified atom stereocenters. The molecule has 3 saturated carbocycles. The molecule has 0 aromatic carbocycles. The van der Waals surface area contributed by atoms with Crippen molar-refractivity contribution < 1.29 is 24.5 Å².